The molecule has 8 heteroatoms. The molecule has 0 spiro atoms. The summed E-state index contributed by atoms with van der Waals surface area (Å²) in [5.41, 5.74) is 0.637. The summed E-state index contributed by atoms with van der Waals surface area (Å²) in [5, 5.41) is 0. The molecule has 2 heterocycles. The van der Waals surface area contributed by atoms with Gasteiger partial charge >= 0.3 is 0 Å². The highest BCUT2D eigenvalue weighted by Gasteiger charge is 2.48. The lowest BCUT2D eigenvalue weighted by Crippen LogP contribution is -2.48. The molecule has 1 fully saturated rings. The van der Waals surface area contributed by atoms with E-state index in [0.29, 0.717) is 31.0 Å². The van der Waals surface area contributed by atoms with Gasteiger partial charge in [-0.25, -0.2) is 8.42 Å². The number of anilines is 1. The molecular weight excluding hydrogens is 380 g/mol. The van der Waals surface area contributed by atoms with Gasteiger partial charge < -0.3 is 14.4 Å². The Kier molecular flexibility index (Phi) is 5.09. The van der Waals surface area contributed by atoms with Gasteiger partial charge in [0.1, 0.15) is 17.9 Å². The number of para-hydroxylation sites is 2. The molecule has 2 aliphatic heterocycles. The Morgan fingerprint density at radius 2 is 1.82 bits per heavy atom. The molecule has 0 saturated carbocycles. The van der Waals surface area contributed by atoms with Crippen molar-refractivity contribution in [2.24, 2.45) is 0 Å². The van der Waals surface area contributed by atoms with Crippen molar-refractivity contribution in [1.82, 2.24) is 4.31 Å². The third kappa shape index (κ3) is 3.28. The average molecular weight is 402 g/mol. The molecule has 2 aliphatic rings. The number of hydrogen-bond donors (Lipinski definition) is 0. The summed E-state index contributed by atoms with van der Waals surface area (Å²) in [6, 6.07) is 14.7. The van der Waals surface area contributed by atoms with Gasteiger partial charge in [-0.1, -0.05) is 30.3 Å². The van der Waals surface area contributed by atoms with Crippen molar-refractivity contribution in [2.45, 2.75) is 23.5 Å². The van der Waals surface area contributed by atoms with Crippen molar-refractivity contribution in [2.75, 3.05) is 31.7 Å². The van der Waals surface area contributed by atoms with Crippen LogP contribution >= 0.6 is 0 Å². The van der Waals surface area contributed by atoms with E-state index in [-0.39, 0.29) is 23.5 Å². The van der Waals surface area contributed by atoms with E-state index in [1.54, 1.807) is 48.4 Å². The first-order valence-corrected chi connectivity index (χ1v) is 10.6. The van der Waals surface area contributed by atoms with Gasteiger partial charge in [0.05, 0.1) is 23.7 Å². The first-order chi connectivity index (χ1) is 13.5. The van der Waals surface area contributed by atoms with Crippen LogP contribution in [0.4, 0.5) is 5.69 Å². The van der Waals surface area contributed by atoms with Crippen LogP contribution in [-0.2, 0) is 19.6 Å². The molecule has 4 rings (SSSR count). The van der Waals surface area contributed by atoms with Crippen LogP contribution in [0, 0.1) is 0 Å². The topological polar surface area (TPSA) is 76.2 Å². The Bertz CT molecular complexity index is 964. The summed E-state index contributed by atoms with van der Waals surface area (Å²) < 4.78 is 39.0. The standard InChI is InChI=1S/C20H22N2O5S/c1-26-12-11-21-17-9-5-6-10-19(17)27-15-13-18(20(21)23)22(14-15)28(24,25)16-7-3-2-4-8-16/h2-10,15,18H,11-14H2,1H3/t15-,18-/m0/s1. The molecule has 7 nitrogen and oxygen atoms in total. The van der Waals surface area contributed by atoms with Gasteiger partial charge in [-0.2, -0.15) is 4.31 Å². The van der Waals surface area contributed by atoms with Gasteiger partial charge in [-0.3, -0.25) is 4.79 Å². The van der Waals surface area contributed by atoms with Gasteiger partial charge in [-0.15, -0.1) is 0 Å². The minimum absolute atomic E-state index is 0.139. The predicted molar refractivity (Wildman–Crippen MR) is 104 cm³/mol. The van der Waals surface area contributed by atoms with Crippen molar-refractivity contribution >= 4 is 21.6 Å². The third-order valence-electron chi connectivity index (χ3n) is 5.09. The number of hydrogen-bond acceptors (Lipinski definition) is 5. The highest BCUT2D eigenvalue weighted by Crippen LogP contribution is 2.37. The summed E-state index contributed by atoms with van der Waals surface area (Å²) in [6.07, 6.45) is -0.0546. The van der Waals surface area contributed by atoms with Crippen molar-refractivity contribution in [1.29, 1.82) is 0 Å². The molecule has 148 valence electrons. The molecule has 0 radical (unpaired) electrons. The maximum absolute atomic E-state index is 13.4. The first-order valence-electron chi connectivity index (χ1n) is 9.15. The molecule has 1 amide bonds. The van der Waals surface area contributed by atoms with Crippen LogP contribution in [0.1, 0.15) is 6.42 Å². The van der Waals surface area contributed by atoms with Crippen molar-refractivity contribution in [3.05, 3.63) is 54.6 Å². The van der Waals surface area contributed by atoms with Crippen LogP contribution in [0.15, 0.2) is 59.5 Å². The predicted octanol–water partition coefficient (Wildman–Crippen LogP) is 1.89. The normalized spacial score (nSPS) is 22.3. The van der Waals surface area contributed by atoms with E-state index in [9.17, 15) is 13.2 Å². The van der Waals surface area contributed by atoms with E-state index >= 15 is 0 Å². The Morgan fingerprint density at radius 3 is 2.57 bits per heavy atom. The molecule has 0 unspecified atom stereocenters. The van der Waals surface area contributed by atoms with Crippen molar-refractivity contribution in [3.63, 3.8) is 0 Å². The zero-order valence-corrected chi connectivity index (χ0v) is 16.3. The minimum Gasteiger partial charge on any atom is -0.487 e. The Morgan fingerprint density at radius 1 is 1.11 bits per heavy atom. The molecular formula is C20H22N2O5S. The zero-order chi connectivity index (χ0) is 19.7. The molecule has 0 aromatic heterocycles. The SMILES string of the molecule is COCCN1C(=O)[C@@H]2C[C@@H](CN2S(=O)(=O)c2ccccc2)Oc2ccccc21. The fourth-order valence-electron chi connectivity index (χ4n) is 3.74. The Labute approximate surface area is 164 Å². The van der Waals surface area contributed by atoms with Gasteiger partial charge in [0.15, 0.2) is 0 Å². The second kappa shape index (κ2) is 7.54. The monoisotopic (exact) mass is 402 g/mol. The maximum atomic E-state index is 13.4. The van der Waals surface area contributed by atoms with Crippen molar-refractivity contribution in [3.8, 4) is 5.75 Å². The second-order valence-electron chi connectivity index (χ2n) is 6.83. The summed E-state index contributed by atoms with van der Waals surface area (Å²) in [5.74, 6) is 0.323. The molecule has 1 saturated heterocycles. The lowest BCUT2D eigenvalue weighted by Gasteiger charge is -2.31. The van der Waals surface area contributed by atoms with E-state index < -0.39 is 16.1 Å². The summed E-state index contributed by atoms with van der Waals surface area (Å²) >= 11 is 0. The lowest BCUT2D eigenvalue weighted by molar-refractivity contribution is -0.122. The van der Waals surface area contributed by atoms with E-state index in [1.165, 1.54) is 4.31 Å². The number of nitrogens with zero attached hydrogens (tertiary/aromatic N) is 2. The van der Waals surface area contributed by atoms with Gasteiger partial charge in [0.2, 0.25) is 15.9 Å². The number of benzene rings is 2. The zero-order valence-electron chi connectivity index (χ0n) is 15.5. The van der Waals surface area contributed by atoms with Crippen LogP contribution in [-0.4, -0.2) is 57.6 Å². The van der Waals surface area contributed by atoms with Crippen LogP contribution < -0.4 is 9.64 Å². The van der Waals surface area contributed by atoms with Gasteiger partial charge in [0.25, 0.3) is 0 Å². The summed E-state index contributed by atoms with van der Waals surface area (Å²) in [7, 11) is -2.25. The summed E-state index contributed by atoms with van der Waals surface area (Å²) in [6.45, 7) is 0.790. The number of sulfonamides is 1. The largest absolute Gasteiger partial charge is 0.487 e. The molecule has 2 atom stereocenters. The lowest BCUT2D eigenvalue weighted by atomic mass is 10.1. The quantitative estimate of drug-likeness (QED) is 0.763. The van der Waals surface area contributed by atoms with Crippen LogP contribution in [0.5, 0.6) is 5.75 Å². The van der Waals surface area contributed by atoms with E-state index in [2.05, 4.69) is 0 Å². The van der Waals surface area contributed by atoms with Gasteiger partial charge in [0, 0.05) is 20.1 Å². The molecule has 2 bridgehead atoms. The minimum atomic E-state index is -3.81. The molecule has 0 aliphatic carbocycles. The number of fused-ring (bicyclic) bond motifs is 3. The summed E-state index contributed by atoms with van der Waals surface area (Å²) in [4.78, 5) is 15.2. The number of methoxy groups -OCH3 is 1. The van der Waals surface area contributed by atoms with Crippen LogP contribution in [0.3, 0.4) is 0 Å². The van der Waals surface area contributed by atoms with E-state index in [1.807, 2.05) is 18.2 Å². The number of ether oxygens (including phenoxy) is 2. The van der Waals surface area contributed by atoms with Crippen molar-refractivity contribution < 1.29 is 22.7 Å². The number of rotatable bonds is 5. The molecule has 0 N–H and O–H groups in total. The Hall–Kier alpha value is -2.42. The second-order valence-corrected chi connectivity index (χ2v) is 8.72. The van der Waals surface area contributed by atoms with E-state index in [4.69, 9.17) is 9.47 Å². The fourth-order valence-corrected chi connectivity index (χ4v) is 5.39. The van der Waals surface area contributed by atoms with E-state index in [0.717, 1.165) is 0 Å². The Balaban J connectivity index is 1.74. The number of amides is 1. The average Bonchev–Trinajstić information content (AvgIpc) is 3.15. The van der Waals surface area contributed by atoms with Crippen LogP contribution in [0.25, 0.3) is 0 Å². The highest BCUT2D eigenvalue weighted by molar-refractivity contribution is 7.89. The third-order valence-corrected chi connectivity index (χ3v) is 6.98. The first kappa shape index (κ1) is 18.9. The maximum Gasteiger partial charge on any atom is 0.245 e. The number of carbonyl (C=O) groups excluding carboxylic acids is 1. The molecule has 28 heavy (non-hydrogen) atoms. The highest BCUT2D eigenvalue weighted by atomic mass is 32.2. The van der Waals surface area contributed by atoms with Crippen LogP contribution in [0.2, 0.25) is 0 Å². The molecule has 2 aromatic carbocycles. The fraction of sp³-hybridized carbons (Fsp3) is 0.350. The van der Waals surface area contributed by atoms with Gasteiger partial charge in [-0.05, 0) is 24.3 Å². The number of carbonyl (C=O) groups is 1. The smallest absolute Gasteiger partial charge is 0.245 e. The molecule has 2 aromatic rings.